The van der Waals surface area contributed by atoms with Crippen molar-refractivity contribution < 1.29 is 9.53 Å². The van der Waals surface area contributed by atoms with Crippen LogP contribution in [0.5, 0.6) is 0 Å². The summed E-state index contributed by atoms with van der Waals surface area (Å²) in [7, 11) is 1.87. The average Bonchev–Trinajstić information content (AvgIpc) is 3.04. The van der Waals surface area contributed by atoms with E-state index in [1.807, 2.05) is 11.9 Å². The average molecular weight is 226 g/mol. The molecule has 0 heterocycles. The monoisotopic (exact) mass is 226 g/mol. The molecule has 0 aliphatic heterocycles. The molecule has 0 aromatic carbocycles. The van der Waals surface area contributed by atoms with Crippen molar-refractivity contribution in [3.05, 3.63) is 0 Å². The minimum absolute atomic E-state index is 0.116. The van der Waals surface area contributed by atoms with Gasteiger partial charge in [0.05, 0.1) is 6.10 Å². The quantitative estimate of drug-likeness (QED) is 0.752. The molecule has 1 amide bonds. The lowest BCUT2D eigenvalue weighted by atomic mass is 10.1. The zero-order valence-corrected chi connectivity index (χ0v) is 10.0. The fourth-order valence-corrected chi connectivity index (χ4v) is 2.44. The summed E-state index contributed by atoms with van der Waals surface area (Å²) in [6, 6.07) is 0.477. The van der Waals surface area contributed by atoms with Crippen molar-refractivity contribution >= 4 is 5.91 Å². The Bertz CT molecular complexity index is 253. The molecule has 0 aromatic heterocycles. The van der Waals surface area contributed by atoms with E-state index in [0.717, 1.165) is 25.7 Å². The number of carbonyl (C=O) groups excluding carboxylic acids is 1. The maximum Gasteiger partial charge on any atom is 0.248 e. The van der Waals surface area contributed by atoms with Crippen LogP contribution in [0.4, 0.5) is 0 Å². The van der Waals surface area contributed by atoms with Crippen LogP contribution in [-0.4, -0.2) is 43.2 Å². The molecular formula is C12H22N2O2. The first-order chi connectivity index (χ1) is 7.72. The minimum atomic E-state index is 0.116. The molecule has 4 heteroatoms. The molecule has 2 fully saturated rings. The predicted molar refractivity (Wildman–Crippen MR) is 61.9 cm³/mol. The number of carbonyl (C=O) groups is 1. The predicted octanol–water partition coefficient (Wildman–Crippen LogP) is 0.751. The number of hydrogen-bond acceptors (Lipinski definition) is 3. The third kappa shape index (κ3) is 2.74. The zero-order chi connectivity index (χ0) is 11.5. The molecule has 2 aliphatic carbocycles. The number of ether oxygens (including phenoxy) is 1. The molecule has 0 bridgehead atoms. The first-order valence-corrected chi connectivity index (χ1v) is 6.29. The summed E-state index contributed by atoms with van der Waals surface area (Å²) in [6.45, 7) is 0.908. The molecule has 2 saturated carbocycles. The second-order valence-electron chi connectivity index (χ2n) is 5.01. The highest BCUT2D eigenvalue weighted by molar-refractivity contribution is 5.77. The minimum Gasteiger partial charge on any atom is -0.368 e. The van der Waals surface area contributed by atoms with Crippen LogP contribution in [0.1, 0.15) is 32.1 Å². The summed E-state index contributed by atoms with van der Waals surface area (Å²) in [6.07, 6.45) is 5.89. The van der Waals surface area contributed by atoms with Gasteiger partial charge < -0.3 is 15.4 Å². The SMILES string of the molecule is CN(C(=O)COC1CCCC1CN)C1CC1. The Labute approximate surface area is 97.1 Å². The van der Waals surface area contributed by atoms with E-state index in [1.54, 1.807) is 0 Å². The van der Waals surface area contributed by atoms with Gasteiger partial charge in [0.1, 0.15) is 6.61 Å². The van der Waals surface area contributed by atoms with E-state index >= 15 is 0 Å². The van der Waals surface area contributed by atoms with Crippen LogP contribution in [0.25, 0.3) is 0 Å². The maximum atomic E-state index is 11.7. The van der Waals surface area contributed by atoms with Gasteiger partial charge in [0.25, 0.3) is 0 Å². The van der Waals surface area contributed by atoms with E-state index in [1.165, 1.54) is 6.42 Å². The highest BCUT2D eigenvalue weighted by atomic mass is 16.5. The normalized spacial score (nSPS) is 29.4. The van der Waals surface area contributed by atoms with Crippen molar-refractivity contribution in [1.82, 2.24) is 4.90 Å². The van der Waals surface area contributed by atoms with Crippen molar-refractivity contribution in [3.8, 4) is 0 Å². The van der Waals surface area contributed by atoms with E-state index < -0.39 is 0 Å². The first kappa shape index (κ1) is 11.9. The Morgan fingerprint density at radius 2 is 2.12 bits per heavy atom. The number of hydrogen-bond donors (Lipinski definition) is 1. The summed E-state index contributed by atoms with van der Waals surface area (Å²) in [5.74, 6) is 0.573. The van der Waals surface area contributed by atoms with E-state index in [9.17, 15) is 4.79 Å². The van der Waals surface area contributed by atoms with E-state index in [2.05, 4.69) is 0 Å². The lowest BCUT2D eigenvalue weighted by molar-refractivity contribution is -0.138. The Kier molecular flexibility index (Phi) is 3.82. The molecule has 2 N–H and O–H groups in total. The third-order valence-corrected chi connectivity index (χ3v) is 3.80. The lowest BCUT2D eigenvalue weighted by Crippen LogP contribution is -2.35. The Balaban J connectivity index is 1.71. The Morgan fingerprint density at radius 3 is 2.75 bits per heavy atom. The summed E-state index contributed by atoms with van der Waals surface area (Å²) in [4.78, 5) is 13.6. The summed E-state index contributed by atoms with van der Waals surface area (Å²) in [5.41, 5.74) is 5.67. The van der Waals surface area contributed by atoms with Crippen LogP contribution in [-0.2, 0) is 9.53 Å². The summed E-state index contributed by atoms with van der Waals surface area (Å²) in [5, 5.41) is 0. The fourth-order valence-electron chi connectivity index (χ4n) is 2.44. The Hall–Kier alpha value is -0.610. The summed E-state index contributed by atoms with van der Waals surface area (Å²) < 4.78 is 5.70. The largest absolute Gasteiger partial charge is 0.368 e. The molecule has 0 aromatic rings. The molecule has 16 heavy (non-hydrogen) atoms. The van der Waals surface area contributed by atoms with Crippen molar-refractivity contribution in [3.63, 3.8) is 0 Å². The van der Waals surface area contributed by atoms with Crippen LogP contribution in [0.15, 0.2) is 0 Å². The molecule has 4 nitrogen and oxygen atoms in total. The van der Waals surface area contributed by atoms with Gasteiger partial charge in [-0.25, -0.2) is 0 Å². The number of amides is 1. The molecular weight excluding hydrogens is 204 g/mol. The van der Waals surface area contributed by atoms with Gasteiger partial charge in [-0.3, -0.25) is 4.79 Å². The van der Waals surface area contributed by atoms with Gasteiger partial charge in [0.2, 0.25) is 5.91 Å². The van der Waals surface area contributed by atoms with Gasteiger partial charge >= 0.3 is 0 Å². The van der Waals surface area contributed by atoms with Crippen LogP contribution in [0, 0.1) is 5.92 Å². The van der Waals surface area contributed by atoms with E-state index in [4.69, 9.17) is 10.5 Å². The number of rotatable bonds is 5. The van der Waals surface area contributed by atoms with Gasteiger partial charge in [-0.15, -0.1) is 0 Å². The molecule has 2 unspecified atom stereocenters. The number of nitrogens with zero attached hydrogens (tertiary/aromatic N) is 1. The van der Waals surface area contributed by atoms with Crippen LogP contribution in [0.2, 0.25) is 0 Å². The maximum absolute atomic E-state index is 11.7. The highest BCUT2D eigenvalue weighted by Crippen LogP contribution is 2.28. The molecule has 2 atom stereocenters. The molecule has 2 aliphatic rings. The topological polar surface area (TPSA) is 55.6 Å². The van der Waals surface area contributed by atoms with Gasteiger partial charge in [0.15, 0.2) is 0 Å². The van der Waals surface area contributed by atoms with E-state index in [0.29, 0.717) is 18.5 Å². The van der Waals surface area contributed by atoms with Crippen LogP contribution < -0.4 is 5.73 Å². The number of nitrogens with two attached hydrogens (primary N) is 1. The van der Waals surface area contributed by atoms with Gasteiger partial charge in [-0.2, -0.15) is 0 Å². The lowest BCUT2D eigenvalue weighted by Gasteiger charge is -2.21. The molecule has 2 rings (SSSR count). The van der Waals surface area contributed by atoms with Gasteiger partial charge in [-0.1, -0.05) is 6.42 Å². The second kappa shape index (κ2) is 5.15. The molecule has 92 valence electrons. The second-order valence-corrected chi connectivity index (χ2v) is 5.01. The van der Waals surface area contributed by atoms with Gasteiger partial charge in [-0.05, 0) is 38.1 Å². The molecule has 0 saturated heterocycles. The Morgan fingerprint density at radius 1 is 1.38 bits per heavy atom. The van der Waals surface area contributed by atoms with Crippen molar-refractivity contribution in [2.24, 2.45) is 11.7 Å². The fraction of sp³-hybridized carbons (Fsp3) is 0.917. The zero-order valence-electron chi connectivity index (χ0n) is 10.0. The number of likely N-dealkylation sites (N-methyl/N-ethyl adjacent to an activating group) is 1. The molecule has 0 radical (unpaired) electrons. The first-order valence-electron chi connectivity index (χ1n) is 6.29. The highest BCUT2D eigenvalue weighted by Gasteiger charge is 2.31. The molecule has 0 spiro atoms. The van der Waals surface area contributed by atoms with Crippen molar-refractivity contribution in [2.75, 3.05) is 20.2 Å². The van der Waals surface area contributed by atoms with E-state index in [-0.39, 0.29) is 18.6 Å². The summed E-state index contributed by atoms with van der Waals surface area (Å²) >= 11 is 0. The third-order valence-electron chi connectivity index (χ3n) is 3.80. The van der Waals surface area contributed by atoms with Crippen LogP contribution in [0.3, 0.4) is 0 Å². The van der Waals surface area contributed by atoms with Crippen molar-refractivity contribution in [1.29, 1.82) is 0 Å². The van der Waals surface area contributed by atoms with Crippen LogP contribution >= 0.6 is 0 Å². The smallest absolute Gasteiger partial charge is 0.248 e. The van der Waals surface area contributed by atoms with Gasteiger partial charge in [0, 0.05) is 13.1 Å². The van der Waals surface area contributed by atoms with Crippen molar-refractivity contribution in [2.45, 2.75) is 44.2 Å². The standard InChI is InChI=1S/C12H22N2O2/c1-14(10-5-6-10)12(15)8-16-11-4-2-3-9(11)7-13/h9-11H,2-8,13H2,1H3.